The molecule has 2 aromatic rings. The van der Waals surface area contributed by atoms with Gasteiger partial charge in [-0.1, -0.05) is 0 Å². The number of aryl methyl sites for hydroxylation is 1. The highest BCUT2D eigenvalue weighted by molar-refractivity contribution is 5.77. The summed E-state index contributed by atoms with van der Waals surface area (Å²) in [6, 6.07) is 5.27. The molecule has 16 heavy (non-hydrogen) atoms. The maximum atomic E-state index is 9.50. The normalized spacial score (nSPS) is 19.9. The van der Waals surface area contributed by atoms with Crippen molar-refractivity contribution in [1.29, 1.82) is 0 Å². The molecule has 2 heterocycles. The first kappa shape index (κ1) is 9.66. The van der Waals surface area contributed by atoms with Crippen LogP contribution < -0.4 is 0 Å². The summed E-state index contributed by atoms with van der Waals surface area (Å²) in [6.07, 6.45) is 1.41. The van der Waals surface area contributed by atoms with E-state index in [1.807, 2.05) is 13.0 Å². The van der Waals surface area contributed by atoms with E-state index >= 15 is 0 Å². The smallest absolute Gasteiger partial charge is 0.117 e. The van der Waals surface area contributed by atoms with Crippen LogP contribution in [0.3, 0.4) is 0 Å². The summed E-state index contributed by atoms with van der Waals surface area (Å²) >= 11 is 0. The lowest BCUT2D eigenvalue weighted by Gasteiger charge is -2.27. The molecule has 1 atom stereocenters. The summed E-state index contributed by atoms with van der Waals surface area (Å²) in [7, 11) is 0. The topological polar surface area (TPSA) is 47.3 Å². The zero-order valence-electron chi connectivity index (χ0n) is 9.18. The second-order valence-electron chi connectivity index (χ2n) is 4.22. The number of hydrogen-bond acceptors (Lipinski definition) is 3. The predicted molar refractivity (Wildman–Crippen MR) is 60.5 cm³/mol. The number of imidazole rings is 1. The van der Waals surface area contributed by atoms with Crippen molar-refractivity contribution in [3.8, 4) is 5.75 Å². The third-order valence-electron chi connectivity index (χ3n) is 3.10. The molecule has 0 aliphatic carbocycles. The molecule has 0 spiro atoms. The van der Waals surface area contributed by atoms with Gasteiger partial charge < -0.3 is 14.4 Å². The van der Waals surface area contributed by atoms with E-state index < -0.39 is 0 Å². The number of aromatic nitrogens is 2. The van der Waals surface area contributed by atoms with Crippen LogP contribution in [-0.2, 0) is 11.3 Å². The summed E-state index contributed by atoms with van der Waals surface area (Å²) in [5, 5.41) is 9.50. The molecule has 4 heteroatoms. The van der Waals surface area contributed by atoms with E-state index in [2.05, 4.69) is 9.55 Å². The van der Waals surface area contributed by atoms with Crippen molar-refractivity contribution in [1.82, 2.24) is 9.55 Å². The van der Waals surface area contributed by atoms with Gasteiger partial charge in [-0.2, -0.15) is 0 Å². The Labute approximate surface area is 93.5 Å². The van der Waals surface area contributed by atoms with E-state index in [-0.39, 0.29) is 5.75 Å². The molecule has 84 valence electrons. The highest BCUT2D eigenvalue weighted by Crippen LogP contribution is 2.23. The van der Waals surface area contributed by atoms with Gasteiger partial charge in [-0.25, -0.2) is 4.98 Å². The molecular weight excluding hydrogens is 204 g/mol. The zero-order valence-corrected chi connectivity index (χ0v) is 9.18. The number of phenols is 1. The molecule has 1 aromatic carbocycles. The van der Waals surface area contributed by atoms with Gasteiger partial charge in [-0.3, -0.25) is 0 Å². The first-order valence-corrected chi connectivity index (χ1v) is 5.51. The molecule has 1 fully saturated rings. The molecule has 4 nitrogen and oxygen atoms in total. The number of aromatic hydroxyl groups is 1. The molecule has 1 aliphatic heterocycles. The van der Waals surface area contributed by atoms with Crippen LogP contribution in [0.2, 0.25) is 0 Å². The van der Waals surface area contributed by atoms with E-state index in [0.29, 0.717) is 6.10 Å². The van der Waals surface area contributed by atoms with E-state index in [1.54, 1.807) is 12.1 Å². The molecule has 0 bridgehead atoms. The fourth-order valence-corrected chi connectivity index (χ4v) is 2.09. The number of phenolic OH excluding ortho intramolecular Hbond substituents is 1. The average Bonchev–Trinajstić information content (AvgIpc) is 2.48. The van der Waals surface area contributed by atoms with Crippen LogP contribution in [0, 0.1) is 6.92 Å². The fraction of sp³-hybridized carbons (Fsp3) is 0.417. The van der Waals surface area contributed by atoms with Crippen LogP contribution in [-0.4, -0.2) is 27.4 Å². The molecule has 1 N–H and O–H groups in total. The Hall–Kier alpha value is -1.55. The number of nitrogens with zero attached hydrogens (tertiary/aromatic N) is 2. The van der Waals surface area contributed by atoms with Crippen LogP contribution in [0.1, 0.15) is 12.2 Å². The summed E-state index contributed by atoms with van der Waals surface area (Å²) in [6.45, 7) is 3.67. The molecule has 1 saturated heterocycles. The molecule has 1 aliphatic rings. The summed E-state index contributed by atoms with van der Waals surface area (Å²) < 4.78 is 7.54. The first-order valence-electron chi connectivity index (χ1n) is 5.51. The Morgan fingerprint density at radius 3 is 3.06 bits per heavy atom. The highest BCUT2D eigenvalue weighted by atomic mass is 16.5. The molecule has 3 rings (SSSR count). The van der Waals surface area contributed by atoms with Gasteiger partial charge in [0.25, 0.3) is 0 Å². The van der Waals surface area contributed by atoms with Crippen molar-refractivity contribution in [3.63, 3.8) is 0 Å². The lowest BCUT2D eigenvalue weighted by atomic mass is 10.2. The molecule has 0 saturated carbocycles. The van der Waals surface area contributed by atoms with E-state index in [4.69, 9.17) is 4.74 Å². The first-order chi connectivity index (χ1) is 7.74. The monoisotopic (exact) mass is 218 g/mol. The predicted octanol–water partition coefficient (Wildman–Crippen LogP) is 1.84. The van der Waals surface area contributed by atoms with Crippen LogP contribution in [0.4, 0.5) is 0 Å². The SMILES string of the molecule is Cc1nc2ccc(O)cc2n1CC1CCO1. The Morgan fingerprint density at radius 1 is 1.56 bits per heavy atom. The van der Waals surface area contributed by atoms with Crippen molar-refractivity contribution in [2.45, 2.75) is 26.0 Å². The third kappa shape index (κ3) is 1.46. The second-order valence-corrected chi connectivity index (χ2v) is 4.22. The van der Waals surface area contributed by atoms with Crippen LogP contribution in [0.25, 0.3) is 11.0 Å². The summed E-state index contributed by atoms with van der Waals surface area (Å²) in [5.74, 6) is 1.25. The average molecular weight is 218 g/mol. The van der Waals surface area contributed by atoms with Crippen LogP contribution in [0.15, 0.2) is 18.2 Å². The molecule has 0 radical (unpaired) electrons. The Kier molecular flexibility index (Phi) is 2.11. The van der Waals surface area contributed by atoms with Crippen molar-refractivity contribution in [2.24, 2.45) is 0 Å². The van der Waals surface area contributed by atoms with E-state index in [9.17, 15) is 5.11 Å². The third-order valence-corrected chi connectivity index (χ3v) is 3.10. The van der Waals surface area contributed by atoms with E-state index in [0.717, 1.165) is 36.4 Å². The van der Waals surface area contributed by atoms with Crippen LogP contribution in [0.5, 0.6) is 5.75 Å². The number of benzene rings is 1. The van der Waals surface area contributed by atoms with Gasteiger partial charge in [0.05, 0.1) is 23.7 Å². The zero-order chi connectivity index (χ0) is 11.1. The fourth-order valence-electron chi connectivity index (χ4n) is 2.09. The minimum absolute atomic E-state index is 0.281. The number of fused-ring (bicyclic) bond motifs is 1. The number of rotatable bonds is 2. The van der Waals surface area contributed by atoms with Crippen molar-refractivity contribution >= 4 is 11.0 Å². The molecular formula is C12H14N2O2. The highest BCUT2D eigenvalue weighted by Gasteiger charge is 2.20. The summed E-state index contributed by atoms with van der Waals surface area (Å²) in [4.78, 5) is 4.46. The van der Waals surface area contributed by atoms with Crippen molar-refractivity contribution in [2.75, 3.05) is 6.61 Å². The van der Waals surface area contributed by atoms with Gasteiger partial charge in [0.1, 0.15) is 11.6 Å². The van der Waals surface area contributed by atoms with E-state index in [1.165, 1.54) is 0 Å². The maximum Gasteiger partial charge on any atom is 0.117 e. The Bertz CT molecular complexity index is 529. The van der Waals surface area contributed by atoms with Gasteiger partial charge in [0.2, 0.25) is 0 Å². The minimum atomic E-state index is 0.281. The van der Waals surface area contributed by atoms with Crippen molar-refractivity contribution in [3.05, 3.63) is 24.0 Å². The van der Waals surface area contributed by atoms with Gasteiger partial charge in [-0.05, 0) is 25.5 Å². The second kappa shape index (κ2) is 3.49. The summed E-state index contributed by atoms with van der Waals surface area (Å²) in [5.41, 5.74) is 1.91. The number of ether oxygens (including phenoxy) is 1. The van der Waals surface area contributed by atoms with Crippen LogP contribution >= 0.6 is 0 Å². The molecule has 0 amide bonds. The maximum absolute atomic E-state index is 9.50. The largest absolute Gasteiger partial charge is 0.508 e. The molecule has 1 aromatic heterocycles. The standard InChI is InChI=1S/C12H14N2O2/c1-8-13-11-3-2-9(15)6-12(11)14(8)7-10-4-5-16-10/h2-3,6,10,15H,4-5,7H2,1H3. The Morgan fingerprint density at radius 2 is 2.38 bits per heavy atom. The minimum Gasteiger partial charge on any atom is -0.508 e. The van der Waals surface area contributed by atoms with Gasteiger partial charge in [-0.15, -0.1) is 0 Å². The quantitative estimate of drug-likeness (QED) is 0.836. The van der Waals surface area contributed by atoms with Gasteiger partial charge in [0.15, 0.2) is 0 Å². The van der Waals surface area contributed by atoms with Gasteiger partial charge >= 0.3 is 0 Å². The lowest BCUT2D eigenvalue weighted by molar-refractivity contribution is -0.0589. The lowest BCUT2D eigenvalue weighted by Crippen LogP contribution is -2.31. The molecule has 1 unspecified atom stereocenters. The Balaban J connectivity index is 2.06. The van der Waals surface area contributed by atoms with Gasteiger partial charge in [0, 0.05) is 12.7 Å². The number of hydrogen-bond donors (Lipinski definition) is 1. The van der Waals surface area contributed by atoms with Crippen molar-refractivity contribution < 1.29 is 9.84 Å².